The van der Waals surface area contributed by atoms with E-state index in [1.807, 2.05) is 24.3 Å². The molecule has 116 valence electrons. The Labute approximate surface area is 153 Å². The summed E-state index contributed by atoms with van der Waals surface area (Å²) in [6.07, 6.45) is 2.08. The molecule has 1 rings (SSSR count). The van der Waals surface area contributed by atoms with Crippen LogP contribution in [0, 0.1) is 0 Å². The lowest BCUT2D eigenvalue weighted by Crippen LogP contribution is -1.97. The van der Waals surface area contributed by atoms with E-state index in [-0.39, 0.29) is 0 Å². The maximum Gasteiger partial charge on any atom is 0.118 e. The second-order valence-electron chi connectivity index (χ2n) is 3.56. The Hall–Kier alpha value is 1.06. The van der Waals surface area contributed by atoms with Crippen LogP contribution in [-0.2, 0) is 15.5 Å². The molecule has 0 fully saturated rings. The molecule has 0 atom stereocenters. The van der Waals surface area contributed by atoms with Gasteiger partial charge in [0.05, 0.1) is 38.8 Å². The van der Waals surface area contributed by atoms with E-state index in [0.29, 0.717) is 6.61 Å². The molecule has 1 N–H and O–H groups in total. The van der Waals surface area contributed by atoms with Crippen LogP contribution in [-0.4, -0.2) is 24.9 Å². The first-order chi connectivity index (χ1) is 9.78. The second-order valence-corrected chi connectivity index (χ2v) is 6.32. The highest BCUT2D eigenvalue weighted by atomic mass is 127. The van der Waals surface area contributed by atoms with Gasteiger partial charge in [-0.05, 0) is 30.5 Å². The van der Waals surface area contributed by atoms with Gasteiger partial charge in [-0.15, -0.1) is 0 Å². The van der Waals surface area contributed by atoms with Gasteiger partial charge in [0.15, 0.2) is 0 Å². The van der Waals surface area contributed by atoms with E-state index in [0.717, 1.165) is 41.0 Å². The van der Waals surface area contributed by atoms with E-state index >= 15 is 0 Å². The third-order valence-corrected chi connectivity index (χ3v) is 3.26. The molecule has 20 heavy (non-hydrogen) atoms. The molecule has 4 nitrogen and oxygen atoms in total. The Kier molecular flexibility index (Phi) is 17.3. The van der Waals surface area contributed by atoms with Crippen LogP contribution in [0.4, 0.5) is 0 Å². The Morgan fingerprint density at radius 3 is 2.25 bits per heavy atom. The summed E-state index contributed by atoms with van der Waals surface area (Å²) in [5.41, 5.74) is 1.17. The van der Waals surface area contributed by atoms with Gasteiger partial charge in [0, 0.05) is 49.0 Å². The van der Waals surface area contributed by atoms with Gasteiger partial charge in [0.25, 0.3) is 0 Å². The summed E-state index contributed by atoms with van der Waals surface area (Å²) in [5.74, 6) is 0.877. The maximum absolute atomic E-state index is 7.47. The lowest BCUT2D eigenvalue weighted by molar-refractivity contribution is 0.114. The number of hydrogen-bond donors (Lipinski definition) is 1. The van der Waals surface area contributed by atoms with Crippen molar-refractivity contribution >= 4 is 60.8 Å². The van der Waals surface area contributed by atoms with E-state index in [1.54, 1.807) is 28.3 Å². The van der Waals surface area contributed by atoms with Crippen molar-refractivity contribution in [2.75, 3.05) is 20.3 Å². The molecule has 0 radical (unpaired) electrons. The van der Waals surface area contributed by atoms with Gasteiger partial charge in [-0.25, -0.2) is 0 Å². The Morgan fingerprint density at radius 1 is 1.10 bits per heavy atom. The average molecular weight is 544 g/mol. The van der Waals surface area contributed by atoms with Crippen LogP contribution in [0.15, 0.2) is 24.3 Å². The standard InChI is InChI=1S/C12H17IO3S.HIOS/c1-14-12-6-4-11(5-7-12)10-15-8-2-3-9-16-17-13;1-3-2/h4-7H,2-3,8-10H2,1H3;2H. The smallest absolute Gasteiger partial charge is 0.118 e. The molecule has 0 aromatic heterocycles. The van der Waals surface area contributed by atoms with Crippen molar-refractivity contribution in [2.45, 2.75) is 19.4 Å². The number of rotatable bonds is 9. The topological polar surface area (TPSA) is 47.9 Å². The fourth-order valence-corrected chi connectivity index (χ4v) is 2.03. The summed E-state index contributed by atoms with van der Waals surface area (Å²) in [7, 11) is 3.77. The van der Waals surface area contributed by atoms with E-state index in [1.165, 1.54) is 14.8 Å². The lowest BCUT2D eigenvalue weighted by atomic mass is 10.2. The summed E-state index contributed by atoms with van der Waals surface area (Å²) in [4.78, 5) is 0. The molecule has 0 aliphatic carbocycles. The predicted octanol–water partition coefficient (Wildman–Crippen LogP) is 5.55. The van der Waals surface area contributed by atoms with E-state index in [9.17, 15) is 0 Å². The van der Waals surface area contributed by atoms with Crippen LogP contribution in [0.5, 0.6) is 5.75 Å². The van der Waals surface area contributed by atoms with Gasteiger partial charge >= 0.3 is 0 Å². The predicted molar refractivity (Wildman–Crippen MR) is 104 cm³/mol. The molecule has 0 amide bonds. The zero-order chi connectivity index (χ0) is 15.1. The number of ether oxygens (including phenoxy) is 2. The van der Waals surface area contributed by atoms with Crippen molar-refractivity contribution in [3.8, 4) is 5.75 Å². The molecule has 1 aromatic rings. The molecule has 1 aromatic carbocycles. The number of halogens is 2. The third kappa shape index (κ3) is 12.8. The van der Waals surface area contributed by atoms with Crippen molar-refractivity contribution in [1.82, 2.24) is 0 Å². The van der Waals surface area contributed by atoms with Crippen molar-refractivity contribution in [1.29, 1.82) is 0 Å². The Balaban J connectivity index is 0.00000110. The van der Waals surface area contributed by atoms with Crippen molar-refractivity contribution in [3.05, 3.63) is 29.8 Å². The summed E-state index contributed by atoms with van der Waals surface area (Å²) in [6, 6.07) is 7.94. The van der Waals surface area contributed by atoms with Crippen molar-refractivity contribution < 1.29 is 18.2 Å². The first kappa shape index (κ1) is 21.1. The molecular weight excluding hydrogens is 526 g/mol. The third-order valence-electron chi connectivity index (χ3n) is 2.24. The minimum atomic E-state index is 0.659. The number of methoxy groups -OCH3 is 1. The number of hydrogen-bond acceptors (Lipinski definition) is 6. The highest BCUT2D eigenvalue weighted by Gasteiger charge is 1.95. The largest absolute Gasteiger partial charge is 0.497 e. The zero-order valence-corrected chi connectivity index (χ0v) is 17.0. The molecule has 0 heterocycles. The van der Waals surface area contributed by atoms with Crippen LogP contribution in [0.2, 0.25) is 0 Å². The van der Waals surface area contributed by atoms with E-state index in [2.05, 4.69) is 21.2 Å². The molecule has 0 aliphatic rings. The molecule has 0 saturated heterocycles. The van der Waals surface area contributed by atoms with Gasteiger partial charge in [-0.1, -0.05) is 12.1 Å². The van der Waals surface area contributed by atoms with Crippen molar-refractivity contribution in [2.24, 2.45) is 0 Å². The summed E-state index contributed by atoms with van der Waals surface area (Å²) < 4.78 is 23.3. The quantitative estimate of drug-likeness (QED) is 0.250. The first-order valence-corrected chi connectivity index (χ1v) is 12.4. The number of benzene rings is 1. The monoisotopic (exact) mass is 544 g/mol. The van der Waals surface area contributed by atoms with E-state index < -0.39 is 0 Å². The minimum Gasteiger partial charge on any atom is -0.497 e. The normalized spacial score (nSPS) is 9.80. The van der Waals surface area contributed by atoms with Crippen LogP contribution in [0.25, 0.3) is 0 Å². The molecule has 0 saturated carbocycles. The molecule has 0 bridgehead atoms. The fourth-order valence-electron chi connectivity index (χ4n) is 1.31. The van der Waals surface area contributed by atoms with Crippen LogP contribution >= 0.6 is 60.8 Å². The van der Waals surface area contributed by atoms with Crippen LogP contribution in [0.1, 0.15) is 18.4 Å². The van der Waals surface area contributed by atoms with Crippen molar-refractivity contribution in [3.63, 3.8) is 0 Å². The minimum absolute atomic E-state index is 0.659. The molecule has 0 aliphatic heterocycles. The highest BCUT2D eigenvalue weighted by molar-refractivity contribution is 14.2. The summed E-state index contributed by atoms with van der Waals surface area (Å²) in [5, 5.41) is 0. The first-order valence-electron chi connectivity index (χ1n) is 5.81. The molecule has 0 unspecified atom stereocenters. The van der Waals surface area contributed by atoms with Gasteiger partial charge in [0.1, 0.15) is 5.75 Å². The fraction of sp³-hybridized carbons (Fsp3) is 0.500. The van der Waals surface area contributed by atoms with Gasteiger partial charge in [-0.2, -0.15) is 0 Å². The van der Waals surface area contributed by atoms with Gasteiger partial charge < -0.3 is 18.2 Å². The van der Waals surface area contributed by atoms with Crippen LogP contribution < -0.4 is 4.74 Å². The summed E-state index contributed by atoms with van der Waals surface area (Å²) >= 11 is 3.88. The Bertz CT molecular complexity index is 315. The molecule has 0 spiro atoms. The molecule has 8 heteroatoms. The lowest BCUT2D eigenvalue weighted by Gasteiger charge is -2.05. The molecular formula is C12H18I2O4S2. The maximum atomic E-state index is 7.47. The second kappa shape index (κ2) is 16.4. The van der Waals surface area contributed by atoms with Crippen LogP contribution in [0.3, 0.4) is 0 Å². The SMILES string of the molecule is COc1ccc(COCCCCOSI)cc1.OSI. The highest BCUT2D eigenvalue weighted by Crippen LogP contribution is 2.13. The van der Waals surface area contributed by atoms with Gasteiger partial charge in [-0.3, -0.25) is 0 Å². The zero-order valence-electron chi connectivity index (χ0n) is 11.1. The number of unbranched alkanes of at least 4 members (excludes halogenated alkanes) is 1. The van der Waals surface area contributed by atoms with Gasteiger partial charge in [0.2, 0.25) is 0 Å². The average Bonchev–Trinajstić information content (AvgIpc) is 2.48. The summed E-state index contributed by atoms with van der Waals surface area (Å²) in [6.45, 7) is 2.23. The van der Waals surface area contributed by atoms with E-state index in [4.69, 9.17) is 18.2 Å². The Morgan fingerprint density at radius 2 is 1.70 bits per heavy atom.